The third-order valence-electron chi connectivity index (χ3n) is 4.36. The fraction of sp³-hybridized carbons (Fsp3) is 0.471. The summed E-state index contributed by atoms with van der Waals surface area (Å²) in [6, 6.07) is 1.80. The zero-order valence-electron chi connectivity index (χ0n) is 15.3. The first-order valence-corrected chi connectivity index (χ1v) is 9.15. The van der Waals surface area contributed by atoms with E-state index < -0.39 is 0 Å². The zero-order chi connectivity index (χ0) is 18.5. The van der Waals surface area contributed by atoms with E-state index in [1.807, 2.05) is 11.6 Å². The summed E-state index contributed by atoms with van der Waals surface area (Å²) in [5, 5.41) is 11.1. The topological polar surface area (TPSA) is 106 Å². The fourth-order valence-corrected chi connectivity index (χ4v) is 3.03. The second kappa shape index (κ2) is 8.23. The maximum absolute atomic E-state index is 5.47. The summed E-state index contributed by atoms with van der Waals surface area (Å²) in [6.07, 6.45) is 4.97. The number of aromatic nitrogens is 6. The van der Waals surface area contributed by atoms with E-state index in [0.29, 0.717) is 37.3 Å². The van der Waals surface area contributed by atoms with Gasteiger partial charge in [-0.05, 0) is 13.0 Å². The summed E-state index contributed by atoms with van der Waals surface area (Å²) in [5.74, 6) is 2.06. The Kier molecular flexibility index (Phi) is 5.35. The van der Waals surface area contributed by atoms with Crippen LogP contribution in [0.25, 0.3) is 11.0 Å². The Morgan fingerprint density at radius 3 is 2.93 bits per heavy atom. The van der Waals surface area contributed by atoms with Gasteiger partial charge in [0.2, 0.25) is 5.95 Å². The Labute approximate surface area is 157 Å². The maximum atomic E-state index is 5.47. The minimum Gasteiger partial charge on any atom is -0.380 e. The van der Waals surface area contributed by atoms with E-state index in [1.165, 1.54) is 6.33 Å². The average molecular weight is 369 g/mol. The van der Waals surface area contributed by atoms with E-state index in [9.17, 15) is 0 Å². The first-order valence-electron chi connectivity index (χ1n) is 9.15. The molecule has 3 aromatic rings. The Morgan fingerprint density at radius 2 is 2.15 bits per heavy atom. The van der Waals surface area contributed by atoms with Gasteiger partial charge in [-0.3, -0.25) is 4.68 Å². The van der Waals surface area contributed by atoms with Crippen molar-refractivity contribution in [2.75, 3.05) is 49.6 Å². The van der Waals surface area contributed by atoms with Crippen LogP contribution in [0.15, 0.2) is 24.8 Å². The van der Waals surface area contributed by atoms with Crippen LogP contribution < -0.4 is 15.5 Å². The van der Waals surface area contributed by atoms with Crippen molar-refractivity contribution in [1.82, 2.24) is 35.0 Å². The van der Waals surface area contributed by atoms with Crippen LogP contribution in [0.3, 0.4) is 0 Å². The van der Waals surface area contributed by atoms with E-state index in [2.05, 4.69) is 30.6 Å². The van der Waals surface area contributed by atoms with Gasteiger partial charge >= 0.3 is 0 Å². The quantitative estimate of drug-likeness (QED) is 0.585. The molecule has 0 atom stereocenters. The largest absolute Gasteiger partial charge is 0.380 e. The monoisotopic (exact) mass is 369 g/mol. The van der Waals surface area contributed by atoms with Gasteiger partial charge in [0.15, 0.2) is 5.82 Å². The van der Waals surface area contributed by atoms with Crippen LogP contribution >= 0.6 is 0 Å². The fourth-order valence-electron chi connectivity index (χ4n) is 3.03. The molecule has 27 heavy (non-hydrogen) atoms. The summed E-state index contributed by atoms with van der Waals surface area (Å²) in [4.78, 5) is 19.9. The Morgan fingerprint density at radius 1 is 1.26 bits per heavy atom. The number of ether oxygens (including phenoxy) is 1. The lowest BCUT2D eigenvalue weighted by molar-refractivity contribution is 0.137. The summed E-state index contributed by atoms with van der Waals surface area (Å²) < 4.78 is 7.35. The number of hydrogen-bond donors (Lipinski definition) is 2. The maximum Gasteiger partial charge on any atom is 0.228 e. The molecule has 0 aromatic carbocycles. The summed E-state index contributed by atoms with van der Waals surface area (Å²) in [5.41, 5.74) is 1.64. The molecule has 0 spiro atoms. The lowest BCUT2D eigenvalue weighted by Crippen LogP contribution is -2.44. The number of hydrogen-bond acceptors (Lipinski definition) is 9. The van der Waals surface area contributed by atoms with Gasteiger partial charge in [0.25, 0.3) is 0 Å². The van der Waals surface area contributed by atoms with Gasteiger partial charge in [-0.15, -0.1) is 0 Å². The molecule has 10 nitrogen and oxygen atoms in total. The Bertz CT molecular complexity index is 877. The standard InChI is InChI=1S/C17H23N9O/c1-2-27-10-9-26-15-13(11-21-26)22-17(25-7-5-18-6-8-25)24-16(15)23-14-3-4-19-12-20-14/h3-4,11-12,18H,2,5-10H2,1H3,(H,19,20,22,23,24). The van der Waals surface area contributed by atoms with Crippen LogP contribution in [0.5, 0.6) is 0 Å². The second-order valence-corrected chi connectivity index (χ2v) is 6.13. The van der Waals surface area contributed by atoms with Crippen molar-refractivity contribution in [3.63, 3.8) is 0 Å². The number of nitrogens with one attached hydrogen (secondary N) is 2. The second-order valence-electron chi connectivity index (χ2n) is 6.13. The number of piperazine rings is 1. The van der Waals surface area contributed by atoms with Crippen LogP contribution in [0.4, 0.5) is 17.6 Å². The summed E-state index contributed by atoms with van der Waals surface area (Å²) in [7, 11) is 0. The smallest absolute Gasteiger partial charge is 0.228 e. The van der Waals surface area contributed by atoms with Crippen LogP contribution in [-0.4, -0.2) is 69.1 Å². The van der Waals surface area contributed by atoms with Crippen molar-refractivity contribution in [1.29, 1.82) is 0 Å². The van der Waals surface area contributed by atoms with Gasteiger partial charge in [0.1, 0.15) is 23.2 Å². The number of anilines is 3. The van der Waals surface area contributed by atoms with E-state index in [1.54, 1.807) is 18.5 Å². The molecule has 1 aliphatic rings. The normalized spacial score (nSPS) is 14.6. The lowest BCUT2D eigenvalue weighted by atomic mass is 10.3. The van der Waals surface area contributed by atoms with E-state index >= 15 is 0 Å². The summed E-state index contributed by atoms with van der Waals surface area (Å²) >= 11 is 0. The predicted octanol–water partition coefficient (Wildman–Crippen LogP) is 0.806. The highest BCUT2D eigenvalue weighted by atomic mass is 16.5. The zero-order valence-corrected chi connectivity index (χ0v) is 15.3. The van der Waals surface area contributed by atoms with Crippen molar-refractivity contribution in [2.45, 2.75) is 13.5 Å². The van der Waals surface area contributed by atoms with E-state index in [0.717, 1.165) is 37.2 Å². The minimum absolute atomic E-state index is 0.583. The third kappa shape index (κ3) is 3.96. The molecule has 1 fully saturated rings. The van der Waals surface area contributed by atoms with Gasteiger partial charge in [-0.25, -0.2) is 15.0 Å². The Balaban J connectivity index is 1.72. The molecule has 0 bridgehead atoms. The van der Waals surface area contributed by atoms with Crippen molar-refractivity contribution < 1.29 is 4.74 Å². The number of fused-ring (bicyclic) bond motifs is 1. The number of nitrogens with zero attached hydrogens (tertiary/aromatic N) is 7. The molecule has 0 aliphatic carbocycles. The van der Waals surface area contributed by atoms with Crippen molar-refractivity contribution in [2.24, 2.45) is 0 Å². The predicted molar refractivity (Wildman–Crippen MR) is 102 cm³/mol. The molecule has 1 saturated heterocycles. The number of rotatable bonds is 7. The van der Waals surface area contributed by atoms with Gasteiger partial charge in [-0.1, -0.05) is 0 Å². The molecule has 0 radical (unpaired) electrons. The molecule has 0 amide bonds. The molecule has 4 heterocycles. The molecule has 2 N–H and O–H groups in total. The molecule has 4 rings (SSSR count). The molecular formula is C17H23N9O. The minimum atomic E-state index is 0.583. The van der Waals surface area contributed by atoms with Gasteiger partial charge in [-0.2, -0.15) is 10.1 Å². The van der Waals surface area contributed by atoms with Gasteiger partial charge in [0, 0.05) is 39.0 Å². The molecular weight excluding hydrogens is 346 g/mol. The van der Waals surface area contributed by atoms with Crippen LogP contribution in [0.2, 0.25) is 0 Å². The van der Waals surface area contributed by atoms with Crippen LogP contribution in [-0.2, 0) is 11.3 Å². The van der Waals surface area contributed by atoms with Gasteiger partial charge < -0.3 is 20.3 Å². The molecule has 10 heteroatoms. The first kappa shape index (κ1) is 17.6. The Hall–Kier alpha value is -2.85. The molecule has 142 valence electrons. The van der Waals surface area contributed by atoms with Crippen LogP contribution in [0, 0.1) is 0 Å². The average Bonchev–Trinajstić information content (AvgIpc) is 3.13. The highest BCUT2D eigenvalue weighted by Crippen LogP contribution is 2.26. The lowest BCUT2D eigenvalue weighted by Gasteiger charge is -2.27. The van der Waals surface area contributed by atoms with Crippen molar-refractivity contribution in [3.05, 3.63) is 24.8 Å². The molecule has 3 aromatic heterocycles. The highest BCUT2D eigenvalue weighted by Gasteiger charge is 2.19. The van der Waals surface area contributed by atoms with E-state index in [4.69, 9.17) is 14.7 Å². The molecule has 0 saturated carbocycles. The van der Waals surface area contributed by atoms with Crippen molar-refractivity contribution in [3.8, 4) is 0 Å². The van der Waals surface area contributed by atoms with Gasteiger partial charge in [0.05, 0.1) is 19.3 Å². The van der Waals surface area contributed by atoms with E-state index in [-0.39, 0.29) is 0 Å². The first-order chi connectivity index (χ1) is 13.3. The van der Waals surface area contributed by atoms with Crippen LogP contribution in [0.1, 0.15) is 6.92 Å². The van der Waals surface area contributed by atoms with Crippen molar-refractivity contribution >= 4 is 28.6 Å². The molecule has 0 unspecified atom stereocenters. The highest BCUT2D eigenvalue weighted by molar-refractivity contribution is 5.88. The SMILES string of the molecule is CCOCCn1ncc2nc(N3CCNCC3)nc(Nc3ccncn3)c21. The molecule has 1 aliphatic heterocycles. The third-order valence-corrected chi connectivity index (χ3v) is 4.36. The summed E-state index contributed by atoms with van der Waals surface area (Å²) in [6.45, 7) is 7.45.